The number of hydrogen-bond donors (Lipinski definition) is 0. The lowest BCUT2D eigenvalue weighted by molar-refractivity contribution is 0.00558. The molecule has 6 nitrogen and oxygen atoms in total. The van der Waals surface area contributed by atoms with E-state index in [1.807, 2.05) is 13.8 Å². The van der Waals surface area contributed by atoms with Crippen LogP contribution in [0, 0.1) is 0 Å². The van der Waals surface area contributed by atoms with Gasteiger partial charge in [-0.3, -0.25) is 0 Å². The molecule has 0 spiro atoms. The molecule has 0 radical (unpaired) electrons. The topological polar surface area (TPSA) is 62.0 Å². The largest absolute Gasteiger partial charge is 0.438 e. The maximum atomic E-state index is 5.52. The second-order valence-corrected chi connectivity index (χ2v) is 5.06. The van der Waals surface area contributed by atoms with Crippen molar-refractivity contribution >= 4 is 7.69 Å². The molecule has 0 aromatic heterocycles. The Bertz CT molecular complexity index is 222. The summed E-state index contributed by atoms with van der Waals surface area (Å²) >= 11 is 0. The van der Waals surface area contributed by atoms with Crippen molar-refractivity contribution in [3.63, 3.8) is 0 Å². The van der Waals surface area contributed by atoms with Crippen LogP contribution in [0.1, 0.15) is 13.8 Å². The lowest BCUT2D eigenvalue weighted by Crippen LogP contribution is -2.23. The number of hydrogen-bond acceptors (Lipinski definition) is 6. The van der Waals surface area contributed by atoms with Crippen LogP contribution in [0.4, 0.5) is 0 Å². The first-order valence-corrected chi connectivity index (χ1v) is 6.86. The molecule has 2 fully saturated rings. The zero-order valence-electron chi connectivity index (χ0n) is 11.7. The first-order chi connectivity index (χ1) is 9.24. The van der Waals surface area contributed by atoms with Gasteiger partial charge in [0, 0.05) is 0 Å². The summed E-state index contributed by atoms with van der Waals surface area (Å²) in [5.41, 5.74) is 0. The minimum absolute atomic E-state index is 0.0634. The monoisotopic (exact) mass is 274 g/mol. The van der Waals surface area contributed by atoms with Crippen LogP contribution in [0.25, 0.3) is 0 Å². The Morgan fingerprint density at radius 2 is 1.37 bits per heavy atom. The van der Waals surface area contributed by atoms with Crippen LogP contribution >= 0.6 is 0 Å². The Labute approximate surface area is 114 Å². The zero-order chi connectivity index (χ0) is 13.5. The lowest BCUT2D eigenvalue weighted by atomic mass is 10.3. The van der Waals surface area contributed by atoms with Gasteiger partial charge in [-0.15, -0.1) is 0 Å². The minimum atomic E-state index is 0.0634. The Balaban J connectivity index is 1.34. The predicted molar refractivity (Wildman–Crippen MR) is 69.4 cm³/mol. The summed E-state index contributed by atoms with van der Waals surface area (Å²) in [6, 6.07) is 0. The van der Waals surface area contributed by atoms with Crippen molar-refractivity contribution in [3.05, 3.63) is 0 Å². The van der Waals surface area contributed by atoms with Crippen LogP contribution in [-0.4, -0.2) is 71.7 Å². The molecule has 2 rings (SSSR count). The third-order valence-electron chi connectivity index (χ3n) is 2.81. The maximum absolute atomic E-state index is 5.52. The fourth-order valence-electron chi connectivity index (χ4n) is 1.46. The molecular formula is C12H23BO6. The molecule has 0 amide bonds. The van der Waals surface area contributed by atoms with E-state index in [9.17, 15) is 0 Å². The summed E-state index contributed by atoms with van der Waals surface area (Å²) in [5, 5.41) is 0. The molecule has 0 bridgehead atoms. The molecule has 0 N–H and O–H groups in total. The van der Waals surface area contributed by atoms with Crippen LogP contribution in [0.3, 0.4) is 0 Å². The summed E-state index contributed by atoms with van der Waals surface area (Å²) in [5.74, 6) is 0. The van der Waals surface area contributed by atoms with Crippen molar-refractivity contribution in [2.24, 2.45) is 0 Å². The summed E-state index contributed by atoms with van der Waals surface area (Å²) in [4.78, 5) is 0. The first kappa shape index (κ1) is 15.2. The van der Waals surface area contributed by atoms with Gasteiger partial charge in [0.1, 0.15) is 12.2 Å². The summed E-state index contributed by atoms with van der Waals surface area (Å²) < 4.78 is 31.9. The molecule has 110 valence electrons. The molecule has 0 aromatic rings. The number of epoxide rings is 2. The second-order valence-electron chi connectivity index (χ2n) is 5.06. The highest BCUT2D eigenvalue weighted by molar-refractivity contribution is 6.17. The van der Waals surface area contributed by atoms with Gasteiger partial charge >= 0.3 is 7.69 Å². The van der Waals surface area contributed by atoms with Crippen molar-refractivity contribution in [3.8, 4) is 0 Å². The van der Waals surface area contributed by atoms with E-state index in [0.29, 0.717) is 38.6 Å². The molecule has 4 unspecified atom stereocenters. The van der Waals surface area contributed by atoms with Gasteiger partial charge in [-0.25, -0.2) is 0 Å². The van der Waals surface area contributed by atoms with Crippen molar-refractivity contribution in [2.45, 2.75) is 38.3 Å². The van der Waals surface area contributed by atoms with Gasteiger partial charge < -0.3 is 28.3 Å². The summed E-state index contributed by atoms with van der Waals surface area (Å²) in [6.07, 6.45) is 0.723. The molecule has 0 saturated carbocycles. The van der Waals surface area contributed by atoms with Crippen molar-refractivity contribution in [1.29, 1.82) is 0 Å². The highest BCUT2D eigenvalue weighted by Gasteiger charge is 2.24. The quantitative estimate of drug-likeness (QED) is 0.281. The van der Waals surface area contributed by atoms with Crippen LogP contribution < -0.4 is 0 Å². The maximum Gasteiger partial charge on any atom is 0.438 e. The fraction of sp³-hybridized carbons (Fsp3) is 1.00. The van der Waals surface area contributed by atoms with Gasteiger partial charge in [0.15, 0.2) is 0 Å². The molecule has 2 heterocycles. The molecule has 19 heavy (non-hydrogen) atoms. The summed E-state index contributed by atoms with van der Waals surface area (Å²) in [7, 11) is 0.265. The average Bonchev–Trinajstić information content (AvgIpc) is 3.28. The van der Waals surface area contributed by atoms with Crippen LogP contribution in [0.15, 0.2) is 0 Å². The Kier molecular flexibility index (Phi) is 6.56. The lowest BCUT2D eigenvalue weighted by Gasteiger charge is -2.14. The van der Waals surface area contributed by atoms with Crippen molar-refractivity contribution in [1.82, 2.24) is 0 Å². The van der Waals surface area contributed by atoms with Crippen molar-refractivity contribution in [2.75, 3.05) is 39.6 Å². The number of ether oxygens (including phenoxy) is 4. The van der Waals surface area contributed by atoms with Crippen molar-refractivity contribution < 1.29 is 28.3 Å². The first-order valence-electron chi connectivity index (χ1n) is 6.86. The van der Waals surface area contributed by atoms with Gasteiger partial charge in [0.2, 0.25) is 0 Å². The molecule has 0 aromatic carbocycles. The highest BCUT2D eigenvalue weighted by atomic mass is 16.6. The standard InChI is InChI=1S/C12H23BO6/c1-9(14-5-11-7-16-11)3-18-13-19-4-10(2)15-6-12-8-17-12/h9-13H,3-8H2,1-2H3. The molecule has 2 aliphatic rings. The van der Waals surface area contributed by atoms with E-state index in [1.54, 1.807) is 0 Å². The molecule has 2 saturated heterocycles. The van der Waals surface area contributed by atoms with E-state index in [1.165, 1.54) is 0 Å². The zero-order valence-corrected chi connectivity index (χ0v) is 11.7. The highest BCUT2D eigenvalue weighted by Crippen LogP contribution is 2.10. The molecule has 0 aliphatic carbocycles. The number of rotatable bonds is 12. The van der Waals surface area contributed by atoms with Gasteiger partial charge in [-0.05, 0) is 13.8 Å². The molecule has 4 atom stereocenters. The minimum Gasteiger partial charge on any atom is -0.411 e. The van der Waals surface area contributed by atoms with Gasteiger partial charge in [0.05, 0.1) is 51.8 Å². The van der Waals surface area contributed by atoms with E-state index in [-0.39, 0.29) is 19.9 Å². The Morgan fingerprint density at radius 3 is 1.74 bits per heavy atom. The summed E-state index contributed by atoms with van der Waals surface area (Å²) in [6.45, 7) is 7.95. The average molecular weight is 274 g/mol. The normalized spacial score (nSPS) is 27.9. The van der Waals surface area contributed by atoms with Crippen LogP contribution in [0.2, 0.25) is 0 Å². The molecule has 7 heteroatoms. The SMILES string of the molecule is CC(COBOCC(C)OCC1CO1)OCC1CO1. The van der Waals surface area contributed by atoms with Gasteiger partial charge in [-0.2, -0.15) is 0 Å². The van der Waals surface area contributed by atoms with Gasteiger partial charge in [0.25, 0.3) is 0 Å². The Morgan fingerprint density at radius 1 is 0.947 bits per heavy atom. The van der Waals surface area contributed by atoms with Gasteiger partial charge in [-0.1, -0.05) is 0 Å². The third-order valence-corrected chi connectivity index (χ3v) is 2.81. The third kappa shape index (κ3) is 7.86. The van der Waals surface area contributed by atoms with Crippen LogP contribution in [-0.2, 0) is 28.3 Å². The second kappa shape index (κ2) is 8.19. The smallest absolute Gasteiger partial charge is 0.411 e. The molecular weight excluding hydrogens is 251 g/mol. The Hall–Kier alpha value is -0.175. The predicted octanol–water partition coefficient (Wildman–Crippen LogP) is -0.106. The van der Waals surface area contributed by atoms with E-state index in [2.05, 4.69) is 0 Å². The van der Waals surface area contributed by atoms with E-state index in [0.717, 1.165) is 13.2 Å². The van der Waals surface area contributed by atoms with E-state index < -0.39 is 0 Å². The fourth-order valence-corrected chi connectivity index (χ4v) is 1.46. The van der Waals surface area contributed by atoms with E-state index in [4.69, 9.17) is 28.3 Å². The van der Waals surface area contributed by atoms with Crippen LogP contribution in [0.5, 0.6) is 0 Å². The van der Waals surface area contributed by atoms with E-state index >= 15 is 0 Å². The molecule has 2 aliphatic heterocycles.